The van der Waals surface area contributed by atoms with Gasteiger partial charge in [0, 0.05) is 28.5 Å². The number of carbonyl (C=O) groups excluding carboxylic acids is 1. The number of nitrogens with zero attached hydrogens (tertiary/aromatic N) is 3. The van der Waals surface area contributed by atoms with Gasteiger partial charge in [0.15, 0.2) is 0 Å². The number of anilines is 3. The standard InChI is InChI=1S/C20H22BrN5O3/c1-11-6-14(7-15(17(11)21)19(27)28-3)24-20-23-9-12(2)18(26-20)25-16-10-29-5-4-13(16)8-22/h6-7,9,13,16H,4-5,10H2,1-3H3,(H2,23,24,25,26)/t13?,16-/m0/s1. The summed E-state index contributed by atoms with van der Waals surface area (Å²) in [4.78, 5) is 20.9. The van der Waals surface area contributed by atoms with E-state index < -0.39 is 5.97 Å². The molecule has 8 nitrogen and oxygen atoms in total. The molecule has 2 atom stereocenters. The fourth-order valence-electron chi connectivity index (χ4n) is 3.09. The number of aromatic nitrogens is 2. The molecule has 2 N–H and O–H groups in total. The third kappa shape index (κ3) is 4.83. The first-order valence-corrected chi connectivity index (χ1v) is 9.95. The third-order valence-corrected chi connectivity index (χ3v) is 5.78. The van der Waals surface area contributed by atoms with Crippen molar-refractivity contribution < 1.29 is 14.3 Å². The molecule has 1 aliphatic rings. The summed E-state index contributed by atoms with van der Waals surface area (Å²) in [7, 11) is 1.34. The van der Waals surface area contributed by atoms with Crippen LogP contribution in [0.4, 0.5) is 17.5 Å². The Bertz CT molecular complexity index is 960. The van der Waals surface area contributed by atoms with Crippen molar-refractivity contribution in [3.05, 3.63) is 39.5 Å². The lowest BCUT2D eigenvalue weighted by Gasteiger charge is -2.28. The van der Waals surface area contributed by atoms with Crippen LogP contribution in [0.25, 0.3) is 0 Å². The zero-order chi connectivity index (χ0) is 21.0. The van der Waals surface area contributed by atoms with Gasteiger partial charge in [-0.3, -0.25) is 0 Å². The maximum atomic E-state index is 12.0. The Morgan fingerprint density at radius 3 is 2.90 bits per heavy atom. The maximum Gasteiger partial charge on any atom is 0.339 e. The summed E-state index contributed by atoms with van der Waals surface area (Å²) < 4.78 is 11.0. The van der Waals surface area contributed by atoms with E-state index in [0.717, 1.165) is 11.1 Å². The minimum absolute atomic E-state index is 0.129. The van der Waals surface area contributed by atoms with Crippen LogP contribution in [-0.4, -0.2) is 42.3 Å². The van der Waals surface area contributed by atoms with Crippen LogP contribution in [0.3, 0.4) is 0 Å². The molecule has 1 unspecified atom stereocenters. The van der Waals surface area contributed by atoms with E-state index >= 15 is 0 Å². The second-order valence-corrected chi connectivity index (χ2v) is 7.64. The predicted molar refractivity (Wildman–Crippen MR) is 112 cm³/mol. The van der Waals surface area contributed by atoms with E-state index in [1.54, 1.807) is 12.3 Å². The molecule has 0 aliphatic carbocycles. The summed E-state index contributed by atoms with van der Waals surface area (Å²) in [6, 6.07) is 5.77. The number of esters is 1. The van der Waals surface area contributed by atoms with E-state index in [0.29, 0.717) is 47.1 Å². The van der Waals surface area contributed by atoms with Gasteiger partial charge in [-0.25, -0.2) is 9.78 Å². The van der Waals surface area contributed by atoms with Gasteiger partial charge in [-0.2, -0.15) is 10.2 Å². The summed E-state index contributed by atoms with van der Waals surface area (Å²) in [5.74, 6) is 0.447. The molecule has 152 valence electrons. The largest absolute Gasteiger partial charge is 0.465 e. The molecule has 0 amide bonds. The molecule has 2 aromatic rings. The Hall–Kier alpha value is -2.70. The highest BCUT2D eigenvalue weighted by Crippen LogP contribution is 2.28. The van der Waals surface area contributed by atoms with Crippen LogP contribution in [0, 0.1) is 31.1 Å². The van der Waals surface area contributed by atoms with Gasteiger partial charge in [0.25, 0.3) is 0 Å². The van der Waals surface area contributed by atoms with Crippen LogP contribution in [-0.2, 0) is 9.47 Å². The zero-order valence-corrected chi connectivity index (χ0v) is 18.0. The number of halogens is 1. The van der Waals surface area contributed by atoms with E-state index in [9.17, 15) is 10.1 Å². The molecule has 1 aliphatic heterocycles. The van der Waals surface area contributed by atoms with E-state index in [1.165, 1.54) is 7.11 Å². The maximum absolute atomic E-state index is 12.0. The molecule has 0 spiro atoms. The van der Waals surface area contributed by atoms with Crippen molar-refractivity contribution in [1.82, 2.24) is 9.97 Å². The molecular formula is C20H22BrN5O3. The topological polar surface area (TPSA) is 109 Å². The van der Waals surface area contributed by atoms with Crippen LogP contribution in [0.5, 0.6) is 0 Å². The molecule has 9 heteroatoms. The molecule has 3 rings (SSSR count). The number of benzene rings is 1. The van der Waals surface area contributed by atoms with Crippen LogP contribution >= 0.6 is 15.9 Å². The Morgan fingerprint density at radius 1 is 1.38 bits per heavy atom. The average Bonchev–Trinajstić information content (AvgIpc) is 2.72. The van der Waals surface area contributed by atoms with Crippen molar-refractivity contribution >= 4 is 39.4 Å². The van der Waals surface area contributed by atoms with Crippen molar-refractivity contribution in [2.45, 2.75) is 26.3 Å². The highest BCUT2D eigenvalue weighted by atomic mass is 79.9. The molecule has 1 aromatic heterocycles. The number of methoxy groups -OCH3 is 1. The van der Waals surface area contributed by atoms with Crippen molar-refractivity contribution in [3.8, 4) is 6.07 Å². The fraction of sp³-hybridized carbons (Fsp3) is 0.400. The number of nitrogens with one attached hydrogen (secondary N) is 2. The van der Waals surface area contributed by atoms with Crippen LogP contribution in [0.15, 0.2) is 22.8 Å². The molecule has 1 saturated heterocycles. The van der Waals surface area contributed by atoms with E-state index in [1.807, 2.05) is 19.9 Å². The highest BCUT2D eigenvalue weighted by molar-refractivity contribution is 9.10. The van der Waals surface area contributed by atoms with Gasteiger partial charge < -0.3 is 20.1 Å². The van der Waals surface area contributed by atoms with Gasteiger partial charge in [-0.1, -0.05) is 0 Å². The Kier molecular flexibility index (Phi) is 6.67. The molecular weight excluding hydrogens is 438 g/mol. The van der Waals surface area contributed by atoms with Gasteiger partial charge in [0.1, 0.15) is 5.82 Å². The summed E-state index contributed by atoms with van der Waals surface area (Å²) in [5.41, 5.74) is 2.81. The van der Waals surface area contributed by atoms with Crippen LogP contribution in [0.2, 0.25) is 0 Å². The predicted octanol–water partition coefficient (Wildman–Crippen LogP) is 3.73. The smallest absolute Gasteiger partial charge is 0.339 e. The summed E-state index contributed by atoms with van der Waals surface area (Å²) in [6.07, 6.45) is 2.40. The number of rotatable bonds is 5. The Balaban J connectivity index is 1.84. The van der Waals surface area contributed by atoms with Crippen LogP contribution < -0.4 is 10.6 Å². The lowest BCUT2D eigenvalue weighted by atomic mass is 9.96. The number of ether oxygens (including phenoxy) is 2. The SMILES string of the molecule is COC(=O)c1cc(Nc2ncc(C)c(N[C@H]3COCCC3C#N)n2)cc(C)c1Br. The van der Waals surface area contributed by atoms with Gasteiger partial charge in [-0.05, 0) is 53.9 Å². The minimum Gasteiger partial charge on any atom is -0.465 e. The van der Waals surface area contributed by atoms with Gasteiger partial charge in [0.2, 0.25) is 5.95 Å². The van der Waals surface area contributed by atoms with Gasteiger partial charge in [-0.15, -0.1) is 0 Å². The number of hydrogen-bond donors (Lipinski definition) is 2. The first-order valence-electron chi connectivity index (χ1n) is 9.16. The fourth-order valence-corrected chi connectivity index (χ4v) is 3.48. The lowest BCUT2D eigenvalue weighted by Crippen LogP contribution is -2.38. The lowest BCUT2D eigenvalue weighted by molar-refractivity contribution is 0.0599. The molecule has 1 fully saturated rings. The number of hydrogen-bond acceptors (Lipinski definition) is 8. The Morgan fingerprint density at radius 2 is 2.17 bits per heavy atom. The summed E-state index contributed by atoms with van der Waals surface area (Å²) in [6.45, 7) is 4.84. The first-order chi connectivity index (χ1) is 13.9. The molecule has 29 heavy (non-hydrogen) atoms. The van der Waals surface area contributed by atoms with Crippen molar-refractivity contribution in [2.75, 3.05) is 31.0 Å². The summed E-state index contributed by atoms with van der Waals surface area (Å²) >= 11 is 3.42. The quantitative estimate of drug-likeness (QED) is 0.650. The first kappa shape index (κ1) is 21.0. The normalized spacial score (nSPS) is 18.6. The second kappa shape index (κ2) is 9.20. The third-order valence-electron chi connectivity index (χ3n) is 4.73. The Labute approximate surface area is 177 Å². The number of carbonyl (C=O) groups is 1. The molecule has 0 radical (unpaired) electrons. The monoisotopic (exact) mass is 459 g/mol. The van der Waals surface area contributed by atoms with Crippen molar-refractivity contribution in [2.24, 2.45) is 5.92 Å². The molecule has 0 bridgehead atoms. The van der Waals surface area contributed by atoms with E-state index in [-0.39, 0.29) is 12.0 Å². The number of aryl methyl sites for hydroxylation is 2. The molecule has 2 heterocycles. The number of nitriles is 1. The molecule has 1 aromatic carbocycles. The molecule has 0 saturated carbocycles. The highest BCUT2D eigenvalue weighted by Gasteiger charge is 2.26. The van der Waals surface area contributed by atoms with E-state index in [4.69, 9.17) is 9.47 Å². The van der Waals surface area contributed by atoms with Crippen LogP contribution in [0.1, 0.15) is 27.9 Å². The second-order valence-electron chi connectivity index (χ2n) is 6.85. The average molecular weight is 460 g/mol. The summed E-state index contributed by atoms with van der Waals surface area (Å²) in [5, 5.41) is 15.8. The van der Waals surface area contributed by atoms with E-state index in [2.05, 4.69) is 42.6 Å². The van der Waals surface area contributed by atoms with Gasteiger partial charge >= 0.3 is 5.97 Å². The van der Waals surface area contributed by atoms with Crippen molar-refractivity contribution in [1.29, 1.82) is 5.26 Å². The minimum atomic E-state index is -0.435. The zero-order valence-electron chi connectivity index (χ0n) is 16.5. The van der Waals surface area contributed by atoms with Gasteiger partial charge in [0.05, 0.1) is 37.3 Å². The van der Waals surface area contributed by atoms with Crippen molar-refractivity contribution in [3.63, 3.8) is 0 Å².